The highest BCUT2D eigenvalue weighted by molar-refractivity contribution is 6.17. The number of aromatic nitrogens is 1. The van der Waals surface area contributed by atoms with E-state index in [-0.39, 0.29) is 0 Å². The molecule has 1 rings (SSSR count). The van der Waals surface area contributed by atoms with Gasteiger partial charge in [0.15, 0.2) is 11.9 Å². The Kier molecular flexibility index (Phi) is 3.35. The summed E-state index contributed by atoms with van der Waals surface area (Å²) < 4.78 is 24.9. The second-order valence-corrected chi connectivity index (χ2v) is 2.82. The lowest BCUT2D eigenvalue weighted by Gasteiger charge is -2.07. The molecule has 0 saturated heterocycles. The minimum Gasteiger partial charge on any atom is -0.504 e. The van der Waals surface area contributed by atoms with Crippen molar-refractivity contribution in [1.82, 2.24) is 4.98 Å². The van der Waals surface area contributed by atoms with Gasteiger partial charge in [-0.15, -0.1) is 11.6 Å². The maximum absolute atomic E-state index is 12.4. The van der Waals surface area contributed by atoms with Gasteiger partial charge >= 0.3 is 5.82 Å². The number of hydrogen-bond acceptors (Lipinski definition) is 4. The number of alkyl halides is 3. The van der Waals surface area contributed by atoms with Gasteiger partial charge in [0, 0.05) is 0 Å². The first kappa shape index (κ1) is 11.6. The quantitative estimate of drug-likeness (QED) is 0.498. The summed E-state index contributed by atoms with van der Waals surface area (Å²) in [4.78, 5) is 12.7. The lowest BCUT2D eigenvalue weighted by Crippen LogP contribution is -2.02. The molecular weight excluding hydrogens is 234 g/mol. The maximum Gasteiger partial charge on any atom is 0.368 e. The number of aromatic hydroxyl groups is 1. The van der Waals surface area contributed by atoms with Crippen LogP contribution in [0.1, 0.15) is 17.6 Å². The van der Waals surface area contributed by atoms with E-state index in [0.717, 1.165) is 0 Å². The summed E-state index contributed by atoms with van der Waals surface area (Å²) in [5.74, 6) is -2.08. The Morgan fingerprint density at radius 2 is 2.27 bits per heavy atom. The van der Waals surface area contributed by atoms with Gasteiger partial charge in [0.1, 0.15) is 0 Å². The SMILES string of the molecule is O=[N+]([O-])c1ncc(O)c(C(F)F)c1CCl. The largest absolute Gasteiger partial charge is 0.504 e. The standard InChI is InChI=1S/C7H5ClF2N2O3/c8-1-3-5(6(9)10)4(13)2-11-7(3)12(14)15/h2,6,13H,1H2. The minimum absolute atomic E-state index is 0.461. The van der Waals surface area contributed by atoms with E-state index < -0.39 is 39.9 Å². The third kappa shape index (κ3) is 2.12. The molecular formula is C7H5ClF2N2O3. The van der Waals surface area contributed by atoms with Crippen LogP contribution in [-0.2, 0) is 5.88 Å². The summed E-state index contributed by atoms with van der Waals surface area (Å²) >= 11 is 5.31. The first-order chi connectivity index (χ1) is 6.99. The number of hydrogen-bond donors (Lipinski definition) is 1. The number of pyridine rings is 1. The predicted octanol–water partition coefficient (Wildman–Crippen LogP) is 2.37. The molecule has 0 amide bonds. The fraction of sp³-hybridized carbons (Fsp3) is 0.286. The Balaban J connectivity index is 3.47. The zero-order valence-corrected chi connectivity index (χ0v) is 7.91. The molecule has 0 aromatic carbocycles. The van der Waals surface area contributed by atoms with Crippen molar-refractivity contribution in [3.05, 3.63) is 27.4 Å². The van der Waals surface area contributed by atoms with E-state index in [1.165, 1.54) is 0 Å². The van der Waals surface area contributed by atoms with Crippen molar-refractivity contribution < 1.29 is 18.8 Å². The Bertz CT molecular complexity index is 400. The summed E-state index contributed by atoms with van der Waals surface area (Å²) in [5.41, 5.74) is -1.30. The fourth-order valence-electron chi connectivity index (χ4n) is 1.08. The molecule has 82 valence electrons. The van der Waals surface area contributed by atoms with E-state index in [2.05, 4.69) is 4.98 Å². The van der Waals surface area contributed by atoms with Gasteiger partial charge in [-0.3, -0.25) is 0 Å². The van der Waals surface area contributed by atoms with Gasteiger partial charge < -0.3 is 15.2 Å². The smallest absolute Gasteiger partial charge is 0.368 e. The third-order valence-electron chi connectivity index (χ3n) is 1.70. The third-order valence-corrected chi connectivity index (χ3v) is 1.97. The van der Waals surface area contributed by atoms with Gasteiger partial charge in [0.25, 0.3) is 6.43 Å². The van der Waals surface area contributed by atoms with E-state index in [4.69, 9.17) is 16.7 Å². The average Bonchev–Trinajstić information content (AvgIpc) is 2.15. The minimum atomic E-state index is -3.04. The zero-order valence-electron chi connectivity index (χ0n) is 7.15. The van der Waals surface area contributed by atoms with Crippen LogP contribution in [0.4, 0.5) is 14.6 Å². The highest BCUT2D eigenvalue weighted by Gasteiger charge is 2.27. The normalized spacial score (nSPS) is 10.7. The second kappa shape index (κ2) is 4.35. The molecule has 1 N–H and O–H groups in total. The van der Waals surface area contributed by atoms with Crippen LogP contribution in [0.3, 0.4) is 0 Å². The van der Waals surface area contributed by atoms with Crippen LogP contribution in [0.5, 0.6) is 5.75 Å². The van der Waals surface area contributed by atoms with Crippen molar-refractivity contribution >= 4 is 17.4 Å². The molecule has 0 aliphatic carbocycles. The predicted molar refractivity (Wildman–Crippen MR) is 47.1 cm³/mol. The molecule has 0 fully saturated rings. The maximum atomic E-state index is 12.4. The van der Waals surface area contributed by atoms with Crippen LogP contribution in [0, 0.1) is 10.1 Å². The van der Waals surface area contributed by atoms with Gasteiger partial charge in [-0.25, -0.2) is 8.78 Å². The Labute approximate surface area is 87.5 Å². The molecule has 1 heterocycles. The summed E-state index contributed by atoms with van der Waals surface area (Å²) in [6.45, 7) is 0. The van der Waals surface area contributed by atoms with Crippen molar-refractivity contribution in [1.29, 1.82) is 0 Å². The zero-order chi connectivity index (χ0) is 11.6. The van der Waals surface area contributed by atoms with Crippen molar-refractivity contribution in [2.75, 3.05) is 0 Å². The summed E-state index contributed by atoms with van der Waals surface area (Å²) in [7, 11) is 0. The van der Waals surface area contributed by atoms with Gasteiger partial charge in [0.2, 0.25) is 0 Å². The van der Waals surface area contributed by atoms with Crippen molar-refractivity contribution in [3.63, 3.8) is 0 Å². The Hall–Kier alpha value is -1.50. The van der Waals surface area contributed by atoms with E-state index in [0.29, 0.717) is 6.20 Å². The molecule has 15 heavy (non-hydrogen) atoms. The molecule has 1 aromatic heterocycles. The molecule has 0 radical (unpaired) electrons. The summed E-state index contributed by atoms with van der Waals surface area (Å²) in [5, 5.41) is 19.5. The van der Waals surface area contributed by atoms with Crippen LogP contribution in [0.15, 0.2) is 6.20 Å². The monoisotopic (exact) mass is 238 g/mol. The van der Waals surface area contributed by atoms with E-state index in [1.54, 1.807) is 0 Å². The molecule has 0 aliphatic rings. The van der Waals surface area contributed by atoms with Gasteiger partial charge in [-0.2, -0.15) is 0 Å². The van der Waals surface area contributed by atoms with Crippen LogP contribution >= 0.6 is 11.6 Å². The molecule has 0 bridgehead atoms. The number of rotatable bonds is 3. The Morgan fingerprint density at radius 1 is 1.67 bits per heavy atom. The highest BCUT2D eigenvalue weighted by Crippen LogP contribution is 2.35. The molecule has 0 aliphatic heterocycles. The van der Waals surface area contributed by atoms with Gasteiger partial charge in [-0.1, -0.05) is 0 Å². The average molecular weight is 239 g/mol. The van der Waals surface area contributed by atoms with Crippen LogP contribution < -0.4 is 0 Å². The highest BCUT2D eigenvalue weighted by atomic mass is 35.5. The molecule has 0 unspecified atom stereocenters. The van der Waals surface area contributed by atoms with Gasteiger partial charge in [-0.05, 0) is 9.91 Å². The van der Waals surface area contributed by atoms with E-state index in [1.807, 2.05) is 0 Å². The Morgan fingerprint density at radius 3 is 2.67 bits per heavy atom. The van der Waals surface area contributed by atoms with Crippen LogP contribution in [0.25, 0.3) is 0 Å². The van der Waals surface area contributed by atoms with Crippen molar-refractivity contribution in [2.45, 2.75) is 12.3 Å². The van der Waals surface area contributed by atoms with Crippen LogP contribution in [0.2, 0.25) is 0 Å². The summed E-state index contributed by atoms with van der Waals surface area (Å²) in [6, 6.07) is 0. The lowest BCUT2D eigenvalue weighted by atomic mass is 10.1. The van der Waals surface area contributed by atoms with Gasteiger partial charge in [0.05, 0.1) is 17.0 Å². The van der Waals surface area contributed by atoms with Crippen molar-refractivity contribution in [3.8, 4) is 5.75 Å². The van der Waals surface area contributed by atoms with Crippen LogP contribution in [-0.4, -0.2) is 15.0 Å². The number of nitrogens with zero attached hydrogens (tertiary/aromatic N) is 2. The molecule has 8 heteroatoms. The summed E-state index contributed by atoms with van der Waals surface area (Å²) in [6.07, 6.45) is -2.43. The van der Waals surface area contributed by atoms with E-state index in [9.17, 15) is 18.9 Å². The fourth-order valence-corrected chi connectivity index (χ4v) is 1.34. The van der Waals surface area contributed by atoms with Crippen molar-refractivity contribution in [2.24, 2.45) is 0 Å². The molecule has 0 saturated carbocycles. The number of halogens is 3. The van der Waals surface area contributed by atoms with E-state index >= 15 is 0 Å². The first-order valence-corrected chi connectivity index (χ1v) is 4.21. The molecule has 0 spiro atoms. The number of nitro groups is 1. The molecule has 5 nitrogen and oxygen atoms in total. The second-order valence-electron chi connectivity index (χ2n) is 2.55. The lowest BCUT2D eigenvalue weighted by molar-refractivity contribution is -0.390. The topological polar surface area (TPSA) is 76.3 Å². The molecule has 1 aromatic rings. The molecule has 0 atom stereocenters. The first-order valence-electron chi connectivity index (χ1n) is 3.68.